The summed E-state index contributed by atoms with van der Waals surface area (Å²) in [6.07, 6.45) is 2.67. The summed E-state index contributed by atoms with van der Waals surface area (Å²) in [6.45, 7) is 14.0. The second-order valence-electron chi connectivity index (χ2n) is 14.1. The van der Waals surface area contributed by atoms with Crippen molar-refractivity contribution in [3.05, 3.63) is 69.8 Å². The highest BCUT2D eigenvalue weighted by atomic mass is 16.5. The molecule has 1 aromatic heterocycles. The Balaban J connectivity index is 1.22. The van der Waals surface area contributed by atoms with Crippen LogP contribution in [0.3, 0.4) is 0 Å². The van der Waals surface area contributed by atoms with Crippen LogP contribution in [-0.4, -0.2) is 147 Å². The molecule has 302 valence electrons. The standard InChI is InChI=1S/C41H60N6O8/c1-4-5-13-36(40(49)42-35-12-7-6-9-32(35)2)45-16-22-54-28-26-52-20-14-44(15-21-53-27-29-55-23-17-45)30-37-43-39-33(3)10-8-11-34(39)41(50)47(37)31-38(48)46-18-24-51-25-19-46/h6-12,36H,4-5,13-31H2,1-3H3,(H,42,49). The molecular weight excluding hydrogens is 704 g/mol. The van der Waals surface area contributed by atoms with Crippen LogP contribution in [0, 0.1) is 13.8 Å². The molecule has 2 saturated heterocycles. The maximum Gasteiger partial charge on any atom is 0.261 e. The summed E-state index contributed by atoms with van der Waals surface area (Å²) in [4.78, 5) is 51.9. The van der Waals surface area contributed by atoms with E-state index in [0.29, 0.717) is 129 Å². The third-order valence-corrected chi connectivity index (χ3v) is 10.2. The number of benzene rings is 2. The Bertz CT molecular complexity index is 1690. The van der Waals surface area contributed by atoms with Crippen molar-refractivity contribution in [1.29, 1.82) is 0 Å². The van der Waals surface area contributed by atoms with Gasteiger partial charge < -0.3 is 33.9 Å². The molecule has 14 nitrogen and oxygen atoms in total. The van der Waals surface area contributed by atoms with Crippen LogP contribution in [-0.2, 0) is 46.4 Å². The molecule has 2 aliphatic rings. The average Bonchev–Trinajstić information content (AvgIpc) is 3.19. The van der Waals surface area contributed by atoms with Gasteiger partial charge in [0.1, 0.15) is 12.4 Å². The first-order valence-electron chi connectivity index (χ1n) is 19.8. The molecule has 3 heterocycles. The highest BCUT2D eigenvalue weighted by Crippen LogP contribution is 2.18. The zero-order valence-corrected chi connectivity index (χ0v) is 33.0. The largest absolute Gasteiger partial charge is 0.378 e. The van der Waals surface area contributed by atoms with E-state index >= 15 is 0 Å². The zero-order chi connectivity index (χ0) is 38.8. The Hall–Kier alpha value is -3.76. The second kappa shape index (κ2) is 22.7. The summed E-state index contributed by atoms with van der Waals surface area (Å²) in [5, 5.41) is 3.65. The SMILES string of the molecule is CCCCC(C(=O)Nc1ccccc1C)N1CCOCCOCCN(Cc2nc3c(C)cccc3c(=O)n2CC(=O)N2CCOCC2)CCOCCOCC1. The van der Waals surface area contributed by atoms with E-state index in [4.69, 9.17) is 28.7 Å². The third-order valence-electron chi connectivity index (χ3n) is 10.2. The van der Waals surface area contributed by atoms with E-state index in [9.17, 15) is 14.4 Å². The molecule has 3 aromatic rings. The first-order valence-corrected chi connectivity index (χ1v) is 19.8. The molecule has 1 unspecified atom stereocenters. The van der Waals surface area contributed by atoms with Crippen molar-refractivity contribution < 1.29 is 33.3 Å². The number of unbranched alkanes of at least 4 members (excludes halogenated alkanes) is 1. The minimum Gasteiger partial charge on any atom is -0.378 e. The van der Waals surface area contributed by atoms with E-state index < -0.39 is 0 Å². The van der Waals surface area contributed by atoms with E-state index in [0.717, 1.165) is 36.1 Å². The predicted octanol–water partition coefficient (Wildman–Crippen LogP) is 3.25. The summed E-state index contributed by atoms with van der Waals surface area (Å²) in [5.41, 5.74) is 3.17. The van der Waals surface area contributed by atoms with Gasteiger partial charge in [-0.3, -0.25) is 28.8 Å². The molecule has 2 amide bonds. The zero-order valence-electron chi connectivity index (χ0n) is 33.0. The van der Waals surface area contributed by atoms with Gasteiger partial charge in [0, 0.05) is 45.0 Å². The van der Waals surface area contributed by atoms with E-state index in [-0.39, 0.29) is 30.0 Å². The predicted molar refractivity (Wildman–Crippen MR) is 211 cm³/mol. The van der Waals surface area contributed by atoms with E-state index in [1.54, 1.807) is 11.0 Å². The molecule has 14 heteroatoms. The van der Waals surface area contributed by atoms with Crippen LogP contribution < -0.4 is 10.9 Å². The van der Waals surface area contributed by atoms with Crippen molar-refractivity contribution in [2.75, 3.05) is 111 Å². The van der Waals surface area contributed by atoms with Crippen LogP contribution in [0.25, 0.3) is 10.9 Å². The van der Waals surface area contributed by atoms with Crippen LogP contribution in [0.2, 0.25) is 0 Å². The number of rotatable bonds is 10. The molecule has 1 atom stereocenters. The summed E-state index contributed by atoms with van der Waals surface area (Å²) in [7, 11) is 0. The second-order valence-corrected chi connectivity index (χ2v) is 14.1. The minimum atomic E-state index is -0.314. The molecule has 0 radical (unpaired) electrons. The fraction of sp³-hybridized carbons (Fsp3) is 0.610. The van der Waals surface area contributed by atoms with Crippen LogP contribution in [0.5, 0.6) is 0 Å². The van der Waals surface area contributed by atoms with E-state index in [1.165, 1.54) is 4.57 Å². The molecule has 0 spiro atoms. The van der Waals surface area contributed by atoms with Gasteiger partial charge in [-0.1, -0.05) is 50.1 Å². The molecule has 0 bridgehead atoms. The van der Waals surface area contributed by atoms with Crippen LogP contribution in [0.15, 0.2) is 47.3 Å². The number of amides is 2. The lowest BCUT2D eigenvalue weighted by Gasteiger charge is -2.31. The Morgan fingerprint density at radius 2 is 1.33 bits per heavy atom. The quantitative estimate of drug-likeness (QED) is 0.326. The van der Waals surface area contributed by atoms with Crippen molar-refractivity contribution >= 4 is 28.4 Å². The molecular formula is C41H60N6O8. The first-order chi connectivity index (χ1) is 26.9. The lowest BCUT2D eigenvalue weighted by molar-refractivity contribution is -0.136. The van der Waals surface area contributed by atoms with Gasteiger partial charge in [0.25, 0.3) is 5.56 Å². The van der Waals surface area contributed by atoms with E-state index in [2.05, 4.69) is 22.0 Å². The molecule has 2 fully saturated rings. The van der Waals surface area contributed by atoms with Crippen LogP contribution in [0.1, 0.15) is 43.1 Å². The number of morpholine rings is 1. The van der Waals surface area contributed by atoms with Gasteiger partial charge in [-0.05, 0) is 43.5 Å². The van der Waals surface area contributed by atoms with Gasteiger partial charge in [0.15, 0.2) is 0 Å². The van der Waals surface area contributed by atoms with Gasteiger partial charge >= 0.3 is 0 Å². The Morgan fingerprint density at radius 1 is 0.745 bits per heavy atom. The van der Waals surface area contributed by atoms with Crippen molar-refractivity contribution in [2.45, 2.75) is 59.2 Å². The average molecular weight is 765 g/mol. The van der Waals surface area contributed by atoms with Crippen molar-refractivity contribution in [1.82, 2.24) is 24.3 Å². The first kappa shape index (κ1) is 42.4. The van der Waals surface area contributed by atoms with Crippen LogP contribution >= 0.6 is 0 Å². The molecule has 55 heavy (non-hydrogen) atoms. The number of ether oxygens (including phenoxy) is 5. The number of carbonyl (C=O) groups excluding carboxylic acids is 2. The smallest absolute Gasteiger partial charge is 0.261 e. The summed E-state index contributed by atoms with van der Waals surface area (Å²) < 4.78 is 31.0. The summed E-state index contributed by atoms with van der Waals surface area (Å²) in [6, 6.07) is 13.1. The fourth-order valence-electron chi connectivity index (χ4n) is 6.86. The van der Waals surface area contributed by atoms with Gasteiger partial charge in [0.05, 0.1) is 89.6 Å². The van der Waals surface area contributed by atoms with Crippen molar-refractivity contribution in [3.8, 4) is 0 Å². The minimum absolute atomic E-state index is 0.0177. The third kappa shape index (κ3) is 12.9. The highest BCUT2D eigenvalue weighted by Gasteiger charge is 2.26. The lowest BCUT2D eigenvalue weighted by atomic mass is 10.1. The molecule has 0 aliphatic carbocycles. The number of aromatic nitrogens is 2. The number of aryl methyl sites for hydroxylation is 2. The van der Waals surface area contributed by atoms with Crippen molar-refractivity contribution in [2.24, 2.45) is 0 Å². The fourth-order valence-corrected chi connectivity index (χ4v) is 6.86. The molecule has 2 aromatic carbocycles. The highest BCUT2D eigenvalue weighted by molar-refractivity contribution is 5.95. The van der Waals surface area contributed by atoms with Gasteiger partial charge in [-0.15, -0.1) is 0 Å². The normalized spacial score (nSPS) is 18.7. The molecule has 1 N–H and O–H groups in total. The van der Waals surface area contributed by atoms with Crippen LogP contribution in [0.4, 0.5) is 5.69 Å². The van der Waals surface area contributed by atoms with Gasteiger partial charge in [0.2, 0.25) is 11.8 Å². The number of fused-ring (bicyclic) bond motifs is 1. The molecule has 5 rings (SSSR count). The number of para-hydroxylation sites is 2. The maximum atomic E-state index is 13.9. The lowest BCUT2D eigenvalue weighted by Crippen LogP contribution is -2.47. The summed E-state index contributed by atoms with van der Waals surface area (Å²) >= 11 is 0. The number of carbonyl (C=O) groups is 2. The van der Waals surface area contributed by atoms with Gasteiger partial charge in [-0.2, -0.15) is 0 Å². The molecule has 2 aliphatic heterocycles. The Labute approximate surface area is 325 Å². The Kier molecular flexibility index (Phi) is 17.5. The van der Waals surface area contributed by atoms with Gasteiger partial charge in [-0.25, -0.2) is 4.98 Å². The Morgan fingerprint density at radius 3 is 1.96 bits per heavy atom. The number of nitrogens with zero attached hydrogens (tertiary/aromatic N) is 5. The number of anilines is 1. The number of hydrogen-bond acceptors (Lipinski definition) is 11. The van der Waals surface area contributed by atoms with Crippen molar-refractivity contribution in [3.63, 3.8) is 0 Å². The summed E-state index contributed by atoms with van der Waals surface area (Å²) in [5.74, 6) is 0.379. The monoisotopic (exact) mass is 764 g/mol. The maximum absolute atomic E-state index is 13.9. The molecule has 0 saturated carbocycles. The number of nitrogens with one attached hydrogen (secondary N) is 1. The number of hydrogen-bond donors (Lipinski definition) is 1. The topological polar surface area (TPSA) is 137 Å². The van der Waals surface area contributed by atoms with E-state index in [1.807, 2.05) is 50.2 Å².